The molecule has 0 saturated carbocycles. The van der Waals surface area contributed by atoms with Gasteiger partial charge in [-0.15, -0.1) is 0 Å². The third-order valence-corrected chi connectivity index (χ3v) is 9.97. The Morgan fingerprint density at radius 1 is 0.985 bits per heavy atom. The number of nitrogens with two attached hydrogens (primary N) is 1. The summed E-state index contributed by atoms with van der Waals surface area (Å²) in [6, 6.07) is 9.84. The number of carbonyl (C=O) groups excluding carboxylic acids is 6. The van der Waals surface area contributed by atoms with Crippen LogP contribution in [-0.2, 0) is 44.6 Å². The molecule has 1 saturated heterocycles. The molecule has 1 unspecified atom stereocenters. The van der Waals surface area contributed by atoms with Gasteiger partial charge in [0, 0.05) is 53.9 Å². The van der Waals surface area contributed by atoms with E-state index in [0.29, 0.717) is 5.56 Å². The Kier molecular flexibility index (Phi) is 18.0. The minimum atomic E-state index is -1.12. The van der Waals surface area contributed by atoms with Crippen molar-refractivity contribution in [3.63, 3.8) is 0 Å². The number of anilines is 1. The van der Waals surface area contributed by atoms with Crippen molar-refractivity contribution < 1.29 is 67.0 Å². The second-order valence-electron chi connectivity index (χ2n) is 15.9. The minimum Gasteiger partial charge on any atom is -0.491 e. The first kappa shape index (κ1) is 51.4. The van der Waals surface area contributed by atoms with Crippen molar-refractivity contribution in [1.82, 2.24) is 30.5 Å². The molecule has 3 heterocycles. The van der Waals surface area contributed by atoms with Crippen molar-refractivity contribution in [2.45, 2.75) is 58.4 Å². The summed E-state index contributed by atoms with van der Waals surface area (Å²) in [5.41, 5.74) is 14.2. The van der Waals surface area contributed by atoms with Crippen LogP contribution in [0.15, 0.2) is 58.6 Å². The second kappa shape index (κ2) is 23.7. The molecule has 1 fully saturated rings. The molecule has 0 aliphatic carbocycles. The zero-order valence-corrected chi connectivity index (χ0v) is 37.8. The number of aliphatic hydroxyl groups is 1. The summed E-state index contributed by atoms with van der Waals surface area (Å²) < 4.78 is 39.3. The molecule has 0 spiro atoms. The van der Waals surface area contributed by atoms with Gasteiger partial charge in [0.15, 0.2) is 11.9 Å². The minimum absolute atomic E-state index is 0.00330. The van der Waals surface area contributed by atoms with E-state index in [1.54, 1.807) is 43.7 Å². The number of benzene rings is 2. The number of nitrogens with zero attached hydrogens (tertiary/aromatic N) is 5. The summed E-state index contributed by atoms with van der Waals surface area (Å²) in [6.45, 7) is 3.70. The fourth-order valence-electron chi connectivity index (χ4n) is 6.58. The van der Waals surface area contributed by atoms with E-state index >= 15 is 0 Å². The number of ether oxygens (including phenoxy) is 7. The number of aliphatic hydroxyl groups excluding tert-OH is 1. The topological polar surface area (TPSA) is 349 Å². The molecular weight excluding hydrogens is 897 g/mol. The van der Waals surface area contributed by atoms with Crippen molar-refractivity contribution in [3.8, 4) is 5.75 Å². The van der Waals surface area contributed by atoms with Crippen molar-refractivity contribution in [1.29, 1.82) is 0 Å². The van der Waals surface area contributed by atoms with Crippen LogP contribution in [-0.4, -0.2) is 134 Å². The Balaban J connectivity index is 1.05. The molecular formula is C43H52N10O15. The van der Waals surface area contributed by atoms with Crippen LogP contribution >= 0.6 is 0 Å². The van der Waals surface area contributed by atoms with E-state index in [1.807, 2.05) is 0 Å². The fraction of sp³-hybridized carbons (Fsp3) is 0.442. The lowest BCUT2D eigenvalue weighted by Crippen LogP contribution is -2.34. The summed E-state index contributed by atoms with van der Waals surface area (Å²) in [7, 11) is 2.31. The van der Waals surface area contributed by atoms with E-state index in [9.17, 15) is 38.7 Å². The first-order chi connectivity index (χ1) is 32.4. The standard InChI is InChI=1S/C43H52N10O15/c1-43(2,3)41(61)68-29-17-33(67-30(29)20-54)53-19-27(34-35(53)49-42(44)50-38(34)58)18-48-31(55)21-64-11-12-65-32(51-52-45)22-66-28-8-6-7-23(16-28)36(56)46-9-10-47-37(57)24-13-25(39(59)62-4)15-26(14-24)40(60)63-5/h6-8,13-16,19,29-30,32-33,54H,9-12,17-18,20-22H2,1-5H3,(H,46,56)(H,47,57)(H,48,55)(H3,44,49,50,58)/t29-,30+,32?,33+/m0/s1. The van der Waals surface area contributed by atoms with E-state index in [-0.39, 0.29) is 90.9 Å². The third-order valence-electron chi connectivity index (χ3n) is 9.97. The number of nitrogen functional groups attached to an aromatic ring is 1. The molecule has 0 bridgehead atoms. The van der Waals surface area contributed by atoms with Crippen LogP contribution in [0, 0.1) is 5.41 Å². The molecule has 2 aromatic carbocycles. The van der Waals surface area contributed by atoms with Gasteiger partial charge >= 0.3 is 17.9 Å². The number of nitrogens with one attached hydrogen (secondary N) is 4. The van der Waals surface area contributed by atoms with Gasteiger partial charge in [-0.1, -0.05) is 11.2 Å². The number of carbonyl (C=O) groups is 6. The number of rotatable bonds is 22. The third kappa shape index (κ3) is 13.7. The number of H-pyrrole nitrogens is 1. The summed E-state index contributed by atoms with van der Waals surface area (Å²) in [5.74, 6) is -3.57. The van der Waals surface area contributed by atoms with Crippen LogP contribution < -0.4 is 32.0 Å². The molecule has 5 rings (SSSR count). The zero-order valence-electron chi connectivity index (χ0n) is 37.8. The molecule has 3 amide bonds. The normalized spacial score (nSPS) is 15.9. The predicted molar refractivity (Wildman–Crippen MR) is 237 cm³/mol. The number of hydrogen-bond acceptors (Lipinski definition) is 18. The smallest absolute Gasteiger partial charge is 0.337 e. The predicted octanol–water partition coefficient (Wildman–Crippen LogP) is 1.64. The van der Waals surface area contributed by atoms with Gasteiger partial charge < -0.3 is 64.5 Å². The lowest BCUT2D eigenvalue weighted by molar-refractivity contribution is -0.162. The SMILES string of the molecule is COC(=O)c1cc(C(=O)NCCNC(=O)c2cccc(OCC(N=[N+]=[N-])OCCOCC(=O)NCc3cn([C@H]4C[C@H](OC(=O)C(C)(C)C)[C@@H](CO)O4)c4nc(N)[nH]c(=O)c34)c2)cc(C(=O)OC)c1. The van der Waals surface area contributed by atoms with Crippen molar-refractivity contribution in [2.24, 2.45) is 10.5 Å². The van der Waals surface area contributed by atoms with Crippen LogP contribution in [0.25, 0.3) is 21.5 Å². The number of fused-ring (bicyclic) bond motifs is 1. The largest absolute Gasteiger partial charge is 0.491 e. The van der Waals surface area contributed by atoms with Gasteiger partial charge in [0.2, 0.25) is 11.9 Å². The Hall–Kier alpha value is -7.57. The molecule has 68 heavy (non-hydrogen) atoms. The quantitative estimate of drug-likeness (QED) is 0.0163. The number of esters is 3. The first-order valence-electron chi connectivity index (χ1n) is 20.9. The van der Waals surface area contributed by atoms with Crippen molar-refractivity contribution >= 4 is 52.6 Å². The number of hydrogen-bond donors (Lipinski definition) is 6. The number of aromatic amines is 1. The van der Waals surface area contributed by atoms with Gasteiger partial charge in [0.25, 0.3) is 17.4 Å². The summed E-state index contributed by atoms with van der Waals surface area (Å²) in [4.78, 5) is 97.7. The highest BCUT2D eigenvalue weighted by Crippen LogP contribution is 2.35. The lowest BCUT2D eigenvalue weighted by Gasteiger charge is -2.22. The Morgan fingerprint density at radius 3 is 2.28 bits per heavy atom. The summed E-state index contributed by atoms with van der Waals surface area (Å²) in [5, 5.41) is 21.6. The van der Waals surface area contributed by atoms with Crippen LogP contribution in [0.2, 0.25) is 0 Å². The Morgan fingerprint density at radius 2 is 1.65 bits per heavy atom. The van der Waals surface area contributed by atoms with Crippen LogP contribution in [0.5, 0.6) is 5.75 Å². The monoisotopic (exact) mass is 948 g/mol. The van der Waals surface area contributed by atoms with Crippen molar-refractivity contribution in [2.75, 3.05) is 66.1 Å². The van der Waals surface area contributed by atoms with Gasteiger partial charge in [-0.25, -0.2) is 9.59 Å². The first-order valence-corrected chi connectivity index (χ1v) is 20.9. The van der Waals surface area contributed by atoms with Gasteiger partial charge in [-0.05, 0) is 62.7 Å². The van der Waals surface area contributed by atoms with Crippen LogP contribution in [0.3, 0.4) is 0 Å². The molecule has 25 nitrogen and oxygen atoms in total. The molecule has 364 valence electrons. The fourth-order valence-corrected chi connectivity index (χ4v) is 6.58. The average molecular weight is 949 g/mol. The molecule has 1 aliphatic rings. The lowest BCUT2D eigenvalue weighted by atomic mass is 9.97. The maximum atomic E-state index is 13.0. The zero-order chi connectivity index (χ0) is 49.5. The molecule has 4 aromatic rings. The van der Waals surface area contributed by atoms with Crippen LogP contribution in [0.1, 0.15) is 80.4 Å². The molecule has 7 N–H and O–H groups in total. The second-order valence-corrected chi connectivity index (χ2v) is 15.9. The maximum Gasteiger partial charge on any atom is 0.337 e. The highest BCUT2D eigenvalue weighted by Gasteiger charge is 2.41. The van der Waals surface area contributed by atoms with Gasteiger partial charge in [0.05, 0.1) is 56.0 Å². The van der Waals surface area contributed by atoms with E-state index in [1.165, 1.54) is 30.3 Å². The summed E-state index contributed by atoms with van der Waals surface area (Å²) in [6.07, 6.45) is -1.84. The van der Waals surface area contributed by atoms with Crippen LogP contribution in [0.4, 0.5) is 5.95 Å². The molecule has 2 aromatic heterocycles. The highest BCUT2D eigenvalue weighted by atomic mass is 16.6. The van der Waals surface area contributed by atoms with E-state index in [0.717, 1.165) is 14.2 Å². The highest BCUT2D eigenvalue weighted by molar-refractivity contribution is 6.02. The Labute approximate surface area is 387 Å². The van der Waals surface area contributed by atoms with Gasteiger partial charge in [-0.2, -0.15) is 4.98 Å². The maximum absolute atomic E-state index is 13.0. The van der Waals surface area contributed by atoms with Gasteiger partial charge in [-0.3, -0.25) is 29.0 Å². The molecule has 25 heteroatoms. The number of amides is 3. The number of methoxy groups -OCH3 is 2. The Bertz CT molecular complexity index is 2570. The number of aromatic nitrogens is 3. The summed E-state index contributed by atoms with van der Waals surface area (Å²) >= 11 is 0. The van der Waals surface area contributed by atoms with Crippen molar-refractivity contribution in [3.05, 3.63) is 97.3 Å². The van der Waals surface area contributed by atoms with Gasteiger partial charge in [0.1, 0.15) is 37.4 Å². The molecule has 1 aliphatic heterocycles. The average Bonchev–Trinajstić information content (AvgIpc) is 3.90. The molecule has 0 radical (unpaired) electrons. The van der Waals surface area contributed by atoms with E-state index in [4.69, 9.17) is 44.4 Å². The van der Waals surface area contributed by atoms with E-state index in [2.05, 4.69) is 35.9 Å². The van der Waals surface area contributed by atoms with E-state index < -0.39 is 84.5 Å². The molecule has 4 atom stereocenters. The number of azide groups is 1.